The van der Waals surface area contributed by atoms with Gasteiger partial charge in [-0.15, -0.1) is 0 Å². The highest BCUT2D eigenvalue weighted by Crippen LogP contribution is 2.17. The van der Waals surface area contributed by atoms with E-state index in [1.54, 1.807) is 0 Å². The van der Waals surface area contributed by atoms with Crippen molar-refractivity contribution in [2.45, 2.75) is 46.1 Å². The molecule has 106 valence electrons. The molecule has 1 aromatic rings. The van der Waals surface area contributed by atoms with Crippen LogP contribution in [0.25, 0.3) is 0 Å². The minimum absolute atomic E-state index is 0.158. The predicted octanol–water partition coefficient (Wildman–Crippen LogP) is 3.44. The summed E-state index contributed by atoms with van der Waals surface area (Å²) in [6, 6.07) is 7.72. The monoisotopic (exact) mass is 262 g/mol. The van der Waals surface area contributed by atoms with Crippen LogP contribution in [-0.2, 0) is 11.3 Å². The van der Waals surface area contributed by atoms with Crippen LogP contribution in [0.15, 0.2) is 24.3 Å². The molecule has 1 atom stereocenters. The van der Waals surface area contributed by atoms with Crippen molar-refractivity contribution < 1.29 is 4.79 Å². The lowest BCUT2D eigenvalue weighted by Crippen LogP contribution is -2.32. The largest absolute Gasteiger partial charge is 0.399 e. The van der Waals surface area contributed by atoms with Crippen molar-refractivity contribution in [3.63, 3.8) is 0 Å². The molecule has 0 bridgehead atoms. The van der Waals surface area contributed by atoms with Crippen molar-refractivity contribution in [3.05, 3.63) is 29.8 Å². The standard InChI is InChI=1S/C16H26N2O/c1-4-6-9-14(5-2)16(19)18(3)12-13-8-7-10-15(17)11-13/h7-8,10-11,14H,4-6,9,12,17H2,1-3H3. The Balaban J connectivity index is 2.60. The van der Waals surface area contributed by atoms with E-state index in [1.807, 2.05) is 36.2 Å². The zero-order chi connectivity index (χ0) is 14.3. The van der Waals surface area contributed by atoms with Crippen molar-refractivity contribution in [3.8, 4) is 0 Å². The Hall–Kier alpha value is -1.51. The van der Waals surface area contributed by atoms with E-state index in [-0.39, 0.29) is 11.8 Å². The molecule has 0 aromatic heterocycles. The maximum atomic E-state index is 12.4. The van der Waals surface area contributed by atoms with Crippen molar-refractivity contribution in [1.82, 2.24) is 4.90 Å². The maximum absolute atomic E-state index is 12.4. The molecule has 1 amide bonds. The summed E-state index contributed by atoms with van der Waals surface area (Å²) in [6.07, 6.45) is 4.17. The van der Waals surface area contributed by atoms with Crippen LogP contribution in [0.3, 0.4) is 0 Å². The third-order valence-corrected chi connectivity index (χ3v) is 3.50. The number of unbranched alkanes of at least 4 members (excludes halogenated alkanes) is 1. The van der Waals surface area contributed by atoms with Crippen LogP contribution in [0.4, 0.5) is 5.69 Å². The first-order valence-corrected chi connectivity index (χ1v) is 7.17. The third kappa shape index (κ3) is 4.93. The summed E-state index contributed by atoms with van der Waals surface area (Å²) >= 11 is 0. The number of carbonyl (C=O) groups excluding carboxylic acids is 1. The fourth-order valence-electron chi connectivity index (χ4n) is 2.31. The fourth-order valence-corrected chi connectivity index (χ4v) is 2.31. The molecule has 0 saturated carbocycles. The molecular formula is C16H26N2O. The van der Waals surface area contributed by atoms with Gasteiger partial charge in [-0.05, 0) is 30.5 Å². The molecule has 1 unspecified atom stereocenters. The van der Waals surface area contributed by atoms with Gasteiger partial charge in [-0.2, -0.15) is 0 Å². The van der Waals surface area contributed by atoms with Crippen LogP contribution in [-0.4, -0.2) is 17.9 Å². The number of rotatable bonds is 7. The SMILES string of the molecule is CCCCC(CC)C(=O)N(C)Cc1cccc(N)c1. The lowest BCUT2D eigenvalue weighted by atomic mass is 9.97. The normalized spacial score (nSPS) is 12.2. The number of carbonyl (C=O) groups is 1. The van der Waals surface area contributed by atoms with E-state index >= 15 is 0 Å². The number of benzene rings is 1. The van der Waals surface area contributed by atoms with Gasteiger partial charge in [0.1, 0.15) is 0 Å². The average molecular weight is 262 g/mol. The van der Waals surface area contributed by atoms with E-state index < -0.39 is 0 Å². The van der Waals surface area contributed by atoms with Gasteiger partial charge in [0, 0.05) is 25.2 Å². The Labute approximate surface area is 116 Å². The predicted molar refractivity (Wildman–Crippen MR) is 80.6 cm³/mol. The van der Waals surface area contributed by atoms with Gasteiger partial charge in [-0.3, -0.25) is 4.79 Å². The molecule has 0 aliphatic heterocycles. The molecule has 0 aliphatic rings. The smallest absolute Gasteiger partial charge is 0.225 e. The Kier molecular flexibility index (Phi) is 6.40. The first-order chi connectivity index (χ1) is 9.08. The number of hydrogen-bond acceptors (Lipinski definition) is 2. The summed E-state index contributed by atoms with van der Waals surface area (Å²) in [5.41, 5.74) is 7.59. The van der Waals surface area contributed by atoms with E-state index in [1.165, 1.54) is 0 Å². The Morgan fingerprint density at radius 1 is 1.37 bits per heavy atom. The molecule has 0 fully saturated rings. The van der Waals surface area contributed by atoms with Crippen LogP contribution in [0.2, 0.25) is 0 Å². The molecule has 3 nitrogen and oxygen atoms in total. The minimum Gasteiger partial charge on any atom is -0.399 e. The van der Waals surface area contributed by atoms with E-state index in [0.29, 0.717) is 6.54 Å². The summed E-state index contributed by atoms with van der Waals surface area (Å²) in [5.74, 6) is 0.407. The van der Waals surface area contributed by atoms with Gasteiger partial charge < -0.3 is 10.6 Å². The zero-order valence-electron chi connectivity index (χ0n) is 12.4. The second-order valence-corrected chi connectivity index (χ2v) is 5.19. The summed E-state index contributed by atoms with van der Waals surface area (Å²) in [4.78, 5) is 14.2. The number of amides is 1. The summed E-state index contributed by atoms with van der Waals surface area (Å²) in [6.45, 7) is 4.88. The van der Waals surface area contributed by atoms with Gasteiger partial charge >= 0.3 is 0 Å². The van der Waals surface area contributed by atoms with Crippen molar-refractivity contribution in [2.24, 2.45) is 5.92 Å². The van der Waals surface area contributed by atoms with Crippen LogP contribution in [0.5, 0.6) is 0 Å². The quantitative estimate of drug-likeness (QED) is 0.765. The molecule has 19 heavy (non-hydrogen) atoms. The highest BCUT2D eigenvalue weighted by Gasteiger charge is 2.19. The molecular weight excluding hydrogens is 236 g/mol. The highest BCUT2D eigenvalue weighted by atomic mass is 16.2. The van der Waals surface area contributed by atoms with Gasteiger partial charge in [0.05, 0.1) is 0 Å². The fraction of sp³-hybridized carbons (Fsp3) is 0.562. The second-order valence-electron chi connectivity index (χ2n) is 5.19. The van der Waals surface area contributed by atoms with Gasteiger partial charge in [-0.1, -0.05) is 38.8 Å². The van der Waals surface area contributed by atoms with Gasteiger partial charge in [0.15, 0.2) is 0 Å². The van der Waals surface area contributed by atoms with Gasteiger partial charge in [0.2, 0.25) is 5.91 Å². The van der Waals surface area contributed by atoms with Crippen LogP contribution in [0.1, 0.15) is 45.1 Å². The number of nitrogens with zero attached hydrogens (tertiary/aromatic N) is 1. The highest BCUT2D eigenvalue weighted by molar-refractivity contribution is 5.78. The molecule has 0 heterocycles. The Bertz CT molecular complexity index is 403. The molecule has 1 aromatic carbocycles. The van der Waals surface area contributed by atoms with Crippen molar-refractivity contribution >= 4 is 11.6 Å². The molecule has 2 N–H and O–H groups in total. The first-order valence-electron chi connectivity index (χ1n) is 7.17. The lowest BCUT2D eigenvalue weighted by Gasteiger charge is -2.23. The maximum Gasteiger partial charge on any atom is 0.225 e. The van der Waals surface area contributed by atoms with Gasteiger partial charge in [-0.25, -0.2) is 0 Å². The summed E-state index contributed by atoms with van der Waals surface area (Å²) in [7, 11) is 1.88. The van der Waals surface area contributed by atoms with E-state index in [4.69, 9.17) is 5.73 Å². The molecule has 0 saturated heterocycles. The van der Waals surface area contributed by atoms with Crippen LogP contribution < -0.4 is 5.73 Å². The molecule has 0 radical (unpaired) electrons. The second kappa shape index (κ2) is 7.82. The number of anilines is 1. The Morgan fingerprint density at radius 2 is 2.11 bits per heavy atom. The lowest BCUT2D eigenvalue weighted by molar-refractivity contribution is -0.135. The molecule has 1 rings (SSSR count). The number of hydrogen-bond donors (Lipinski definition) is 1. The van der Waals surface area contributed by atoms with Crippen LogP contribution >= 0.6 is 0 Å². The zero-order valence-corrected chi connectivity index (χ0v) is 12.4. The van der Waals surface area contributed by atoms with Gasteiger partial charge in [0.25, 0.3) is 0 Å². The van der Waals surface area contributed by atoms with E-state index in [9.17, 15) is 4.79 Å². The number of nitrogens with two attached hydrogens (primary N) is 1. The van der Waals surface area contributed by atoms with E-state index in [0.717, 1.165) is 36.9 Å². The number of nitrogen functional groups attached to an aromatic ring is 1. The molecule has 3 heteroatoms. The summed E-state index contributed by atoms with van der Waals surface area (Å²) in [5, 5.41) is 0. The van der Waals surface area contributed by atoms with Crippen molar-refractivity contribution in [2.75, 3.05) is 12.8 Å². The topological polar surface area (TPSA) is 46.3 Å². The molecule has 0 aliphatic carbocycles. The van der Waals surface area contributed by atoms with E-state index in [2.05, 4.69) is 13.8 Å². The Morgan fingerprint density at radius 3 is 2.68 bits per heavy atom. The minimum atomic E-state index is 0.158. The summed E-state index contributed by atoms with van der Waals surface area (Å²) < 4.78 is 0. The molecule has 0 spiro atoms. The third-order valence-electron chi connectivity index (χ3n) is 3.50. The van der Waals surface area contributed by atoms with Crippen LogP contribution in [0, 0.1) is 5.92 Å². The van der Waals surface area contributed by atoms with Crippen molar-refractivity contribution in [1.29, 1.82) is 0 Å². The average Bonchev–Trinajstić information content (AvgIpc) is 2.39. The first kappa shape index (κ1) is 15.5.